The summed E-state index contributed by atoms with van der Waals surface area (Å²) in [5.74, 6) is 0.770. The average Bonchev–Trinajstić information content (AvgIpc) is 2.56. The molecule has 1 atom stereocenters. The Bertz CT molecular complexity index is 475. The van der Waals surface area contributed by atoms with Crippen LogP contribution in [0.5, 0.6) is 5.75 Å². The number of nitrogens with one attached hydrogen (secondary N) is 2. The zero-order valence-corrected chi connectivity index (χ0v) is 13.1. The van der Waals surface area contributed by atoms with Crippen molar-refractivity contribution >= 4 is 6.03 Å². The van der Waals surface area contributed by atoms with Crippen LogP contribution in [0, 0.1) is 0 Å². The Morgan fingerprint density at radius 1 is 1.36 bits per heavy atom. The molecule has 0 spiro atoms. The van der Waals surface area contributed by atoms with Gasteiger partial charge in [-0.15, -0.1) is 0 Å². The van der Waals surface area contributed by atoms with Crippen molar-refractivity contribution in [2.24, 2.45) is 0 Å². The average molecular weight is 308 g/mol. The van der Waals surface area contributed by atoms with E-state index >= 15 is 0 Å². The highest BCUT2D eigenvalue weighted by Crippen LogP contribution is 2.20. The molecule has 1 fully saturated rings. The van der Waals surface area contributed by atoms with E-state index in [0.29, 0.717) is 19.8 Å². The van der Waals surface area contributed by atoms with Gasteiger partial charge in [0.1, 0.15) is 5.75 Å². The molecule has 0 aliphatic carbocycles. The van der Waals surface area contributed by atoms with Crippen LogP contribution < -0.4 is 15.4 Å². The number of rotatable bonds is 6. The number of hydrogen-bond donors (Lipinski definition) is 2. The summed E-state index contributed by atoms with van der Waals surface area (Å²) in [6.45, 7) is 1.81. The molecule has 0 bridgehead atoms. The van der Waals surface area contributed by atoms with Gasteiger partial charge < -0.3 is 24.8 Å². The van der Waals surface area contributed by atoms with Gasteiger partial charge in [0.05, 0.1) is 13.2 Å². The lowest BCUT2D eigenvalue weighted by atomic mass is 10.1. The van der Waals surface area contributed by atoms with Gasteiger partial charge in [0.25, 0.3) is 0 Å². The molecule has 1 aliphatic rings. The highest BCUT2D eigenvalue weighted by atomic mass is 16.5. The predicted octanol–water partition coefficient (Wildman–Crippen LogP) is 1.86. The van der Waals surface area contributed by atoms with Crippen molar-refractivity contribution < 1.29 is 19.0 Å². The smallest absolute Gasteiger partial charge is 0.315 e. The number of benzene rings is 1. The minimum Gasteiger partial charge on any atom is -0.497 e. The molecule has 6 nitrogen and oxygen atoms in total. The molecule has 1 aliphatic heterocycles. The first-order valence-corrected chi connectivity index (χ1v) is 7.51. The van der Waals surface area contributed by atoms with E-state index in [1.807, 2.05) is 24.3 Å². The molecule has 0 saturated carbocycles. The van der Waals surface area contributed by atoms with Gasteiger partial charge in [-0.1, -0.05) is 12.1 Å². The molecule has 0 radical (unpaired) electrons. The SMILES string of the molecule is COc1cccc(C(CNC(=O)NC2CCOCC2)OC)c1. The van der Waals surface area contributed by atoms with Gasteiger partial charge in [-0.3, -0.25) is 0 Å². The van der Waals surface area contributed by atoms with Crippen molar-refractivity contribution in [3.05, 3.63) is 29.8 Å². The van der Waals surface area contributed by atoms with Crippen molar-refractivity contribution in [2.75, 3.05) is 34.0 Å². The van der Waals surface area contributed by atoms with Gasteiger partial charge in [0.15, 0.2) is 0 Å². The number of carbonyl (C=O) groups excluding carboxylic acids is 1. The molecule has 1 heterocycles. The summed E-state index contributed by atoms with van der Waals surface area (Å²) >= 11 is 0. The topological polar surface area (TPSA) is 68.8 Å². The number of hydrogen-bond acceptors (Lipinski definition) is 4. The van der Waals surface area contributed by atoms with Crippen LogP contribution in [-0.4, -0.2) is 46.1 Å². The Labute approximate surface area is 131 Å². The van der Waals surface area contributed by atoms with Crippen molar-refractivity contribution in [3.63, 3.8) is 0 Å². The van der Waals surface area contributed by atoms with Crippen LogP contribution >= 0.6 is 0 Å². The molecule has 6 heteroatoms. The molecule has 1 unspecified atom stereocenters. The van der Waals surface area contributed by atoms with E-state index in [4.69, 9.17) is 14.2 Å². The monoisotopic (exact) mass is 308 g/mol. The minimum absolute atomic E-state index is 0.170. The fraction of sp³-hybridized carbons (Fsp3) is 0.562. The third kappa shape index (κ3) is 4.89. The number of methoxy groups -OCH3 is 2. The maximum absolute atomic E-state index is 11.9. The quantitative estimate of drug-likeness (QED) is 0.841. The van der Waals surface area contributed by atoms with Crippen LogP contribution in [0.15, 0.2) is 24.3 Å². The standard InChI is InChI=1S/C16H24N2O4/c1-20-14-5-3-4-12(10-14)15(21-2)11-17-16(19)18-13-6-8-22-9-7-13/h3-5,10,13,15H,6-9,11H2,1-2H3,(H2,17,18,19). The third-order valence-electron chi connectivity index (χ3n) is 3.75. The summed E-state index contributed by atoms with van der Waals surface area (Å²) in [6.07, 6.45) is 1.50. The van der Waals surface area contributed by atoms with E-state index < -0.39 is 0 Å². The Kier molecular flexibility index (Phi) is 6.48. The Hall–Kier alpha value is -1.79. The van der Waals surface area contributed by atoms with E-state index in [-0.39, 0.29) is 18.2 Å². The first kappa shape index (κ1) is 16.6. The normalized spacial score (nSPS) is 16.8. The summed E-state index contributed by atoms with van der Waals surface area (Å²) < 4.78 is 15.9. The lowest BCUT2D eigenvalue weighted by Gasteiger charge is -2.24. The van der Waals surface area contributed by atoms with Crippen molar-refractivity contribution in [3.8, 4) is 5.75 Å². The first-order valence-electron chi connectivity index (χ1n) is 7.51. The van der Waals surface area contributed by atoms with Crippen LogP contribution in [0.4, 0.5) is 4.79 Å². The highest BCUT2D eigenvalue weighted by Gasteiger charge is 2.17. The van der Waals surface area contributed by atoms with E-state index in [1.54, 1.807) is 14.2 Å². The first-order chi connectivity index (χ1) is 10.7. The van der Waals surface area contributed by atoms with Gasteiger partial charge in [0.2, 0.25) is 0 Å². The van der Waals surface area contributed by atoms with Crippen molar-refractivity contribution in [1.29, 1.82) is 0 Å². The van der Waals surface area contributed by atoms with Gasteiger partial charge in [-0.2, -0.15) is 0 Å². The molecule has 2 rings (SSSR count). The third-order valence-corrected chi connectivity index (χ3v) is 3.75. The van der Waals surface area contributed by atoms with Gasteiger partial charge in [-0.05, 0) is 30.5 Å². The van der Waals surface area contributed by atoms with Crippen molar-refractivity contribution in [2.45, 2.75) is 25.0 Å². The predicted molar refractivity (Wildman–Crippen MR) is 83.1 cm³/mol. The molecule has 0 aromatic heterocycles. The molecule has 122 valence electrons. The molecular weight excluding hydrogens is 284 g/mol. The summed E-state index contributed by atoms with van der Waals surface area (Å²) in [6, 6.07) is 7.66. The number of amides is 2. The summed E-state index contributed by atoms with van der Waals surface area (Å²) in [7, 11) is 3.25. The van der Waals surface area contributed by atoms with Crippen LogP contribution in [0.3, 0.4) is 0 Å². The van der Waals surface area contributed by atoms with E-state index in [2.05, 4.69) is 10.6 Å². The molecule has 2 amide bonds. The second-order valence-corrected chi connectivity index (χ2v) is 5.24. The largest absolute Gasteiger partial charge is 0.497 e. The zero-order chi connectivity index (χ0) is 15.8. The molecule has 1 saturated heterocycles. The second kappa shape index (κ2) is 8.60. The maximum Gasteiger partial charge on any atom is 0.315 e. The van der Waals surface area contributed by atoms with E-state index in [1.165, 1.54) is 0 Å². The lowest BCUT2D eigenvalue weighted by molar-refractivity contribution is 0.0790. The molecule has 2 N–H and O–H groups in total. The molecular formula is C16H24N2O4. The fourth-order valence-corrected chi connectivity index (χ4v) is 2.44. The number of urea groups is 1. The van der Waals surface area contributed by atoms with E-state index in [9.17, 15) is 4.79 Å². The van der Waals surface area contributed by atoms with Crippen LogP contribution in [0.2, 0.25) is 0 Å². The Morgan fingerprint density at radius 3 is 2.82 bits per heavy atom. The van der Waals surface area contributed by atoms with Crippen LogP contribution in [-0.2, 0) is 9.47 Å². The minimum atomic E-state index is -0.212. The number of ether oxygens (including phenoxy) is 3. The molecule has 1 aromatic rings. The maximum atomic E-state index is 11.9. The summed E-state index contributed by atoms with van der Waals surface area (Å²) in [5.41, 5.74) is 0.966. The highest BCUT2D eigenvalue weighted by molar-refractivity contribution is 5.74. The van der Waals surface area contributed by atoms with Crippen LogP contribution in [0.25, 0.3) is 0 Å². The molecule has 1 aromatic carbocycles. The van der Waals surface area contributed by atoms with Crippen molar-refractivity contribution in [1.82, 2.24) is 10.6 Å². The van der Waals surface area contributed by atoms with Crippen LogP contribution in [0.1, 0.15) is 24.5 Å². The zero-order valence-electron chi connectivity index (χ0n) is 13.1. The lowest BCUT2D eigenvalue weighted by Crippen LogP contribution is -2.45. The number of carbonyl (C=O) groups is 1. The van der Waals surface area contributed by atoms with Gasteiger partial charge in [0, 0.05) is 32.9 Å². The summed E-state index contributed by atoms with van der Waals surface area (Å²) in [5, 5.41) is 5.82. The van der Waals surface area contributed by atoms with Gasteiger partial charge in [-0.25, -0.2) is 4.79 Å². The Morgan fingerprint density at radius 2 is 2.14 bits per heavy atom. The fourth-order valence-electron chi connectivity index (χ4n) is 2.44. The summed E-state index contributed by atoms with van der Waals surface area (Å²) in [4.78, 5) is 11.9. The van der Waals surface area contributed by atoms with E-state index in [0.717, 1.165) is 24.2 Å². The second-order valence-electron chi connectivity index (χ2n) is 5.24. The Balaban J connectivity index is 1.83. The molecule has 22 heavy (non-hydrogen) atoms. The van der Waals surface area contributed by atoms with Gasteiger partial charge >= 0.3 is 6.03 Å².